The molecule has 0 aromatic carbocycles. The number of nitrogens with zero attached hydrogens (tertiary/aromatic N) is 1. The number of hydrogen-bond donors (Lipinski definition) is 2. The lowest BCUT2D eigenvalue weighted by molar-refractivity contribution is -0.134. The van der Waals surface area contributed by atoms with E-state index in [2.05, 4.69) is 20.4 Å². The van der Waals surface area contributed by atoms with E-state index in [1.54, 1.807) is 26.8 Å². The Hall–Kier alpha value is -2.70. The fourth-order valence-corrected chi connectivity index (χ4v) is 1.46. The van der Waals surface area contributed by atoms with Crippen LogP contribution in [0.2, 0.25) is 0 Å². The molecule has 0 spiro atoms. The van der Waals surface area contributed by atoms with Gasteiger partial charge in [-0.3, -0.25) is 14.6 Å². The Morgan fingerprint density at radius 3 is 2.61 bits per heavy atom. The first kappa shape index (κ1) is 18.3. The van der Waals surface area contributed by atoms with Crippen molar-refractivity contribution in [1.82, 2.24) is 10.3 Å². The average molecular weight is 319 g/mol. The molecule has 2 amide bonds. The van der Waals surface area contributed by atoms with E-state index in [0.717, 1.165) is 0 Å². The summed E-state index contributed by atoms with van der Waals surface area (Å²) in [5, 5.41) is 5.32. The van der Waals surface area contributed by atoms with Crippen molar-refractivity contribution >= 4 is 23.5 Å². The largest absolute Gasteiger partial charge is 0.466 e. The Kier molecular flexibility index (Phi) is 6.44. The van der Waals surface area contributed by atoms with Gasteiger partial charge in [0.25, 0.3) is 5.91 Å². The van der Waals surface area contributed by atoms with Crippen molar-refractivity contribution in [1.29, 1.82) is 0 Å². The summed E-state index contributed by atoms with van der Waals surface area (Å²) in [4.78, 5) is 39.0. The van der Waals surface area contributed by atoms with Gasteiger partial charge < -0.3 is 15.4 Å². The summed E-state index contributed by atoms with van der Waals surface area (Å²) in [6, 6.07) is 1.56. The van der Waals surface area contributed by atoms with Crippen molar-refractivity contribution in [3.05, 3.63) is 36.2 Å². The first-order chi connectivity index (χ1) is 10.8. The van der Waals surface area contributed by atoms with Crippen molar-refractivity contribution in [2.24, 2.45) is 5.41 Å². The molecule has 0 unspecified atom stereocenters. The molecule has 0 radical (unpaired) electrons. The van der Waals surface area contributed by atoms with Crippen LogP contribution in [0.4, 0.5) is 5.69 Å². The SMILES string of the molecule is COC(=O)/C=C/CNC(=O)c1cnccc1NC(=O)C(C)(C)C. The van der Waals surface area contributed by atoms with E-state index in [-0.39, 0.29) is 18.0 Å². The number of amides is 2. The fourth-order valence-electron chi connectivity index (χ4n) is 1.46. The molecule has 1 rings (SSSR count). The zero-order valence-corrected chi connectivity index (χ0v) is 13.7. The Balaban J connectivity index is 2.76. The van der Waals surface area contributed by atoms with E-state index >= 15 is 0 Å². The first-order valence-corrected chi connectivity index (χ1v) is 7.04. The van der Waals surface area contributed by atoms with Gasteiger partial charge in [0, 0.05) is 30.4 Å². The second-order valence-electron chi connectivity index (χ2n) is 5.76. The highest BCUT2D eigenvalue weighted by atomic mass is 16.5. The van der Waals surface area contributed by atoms with Gasteiger partial charge in [-0.25, -0.2) is 4.79 Å². The van der Waals surface area contributed by atoms with Gasteiger partial charge in [-0.05, 0) is 6.07 Å². The molecule has 2 N–H and O–H groups in total. The monoisotopic (exact) mass is 319 g/mol. The molecule has 0 atom stereocenters. The normalized spacial score (nSPS) is 11.1. The number of rotatable bonds is 5. The van der Waals surface area contributed by atoms with Crippen LogP contribution >= 0.6 is 0 Å². The quantitative estimate of drug-likeness (QED) is 0.633. The van der Waals surface area contributed by atoms with Gasteiger partial charge in [-0.15, -0.1) is 0 Å². The zero-order valence-electron chi connectivity index (χ0n) is 13.7. The molecule has 0 aliphatic carbocycles. The number of nitrogens with one attached hydrogen (secondary N) is 2. The number of hydrogen-bond acceptors (Lipinski definition) is 5. The number of anilines is 1. The molecule has 0 bridgehead atoms. The number of carbonyl (C=O) groups is 3. The van der Waals surface area contributed by atoms with Crippen LogP contribution in [0.25, 0.3) is 0 Å². The molecule has 7 nitrogen and oxygen atoms in total. The number of ether oxygens (including phenoxy) is 1. The summed E-state index contributed by atoms with van der Waals surface area (Å²) in [6.45, 7) is 5.48. The van der Waals surface area contributed by atoms with Crippen molar-refractivity contribution in [2.75, 3.05) is 19.0 Å². The van der Waals surface area contributed by atoms with Crippen LogP contribution in [0.15, 0.2) is 30.6 Å². The molecule has 0 saturated heterocycles. The molecule has 0 aliphatic rings. The molecule has 1 heterocycles. The highest BCUT2D eigenvalue weighted by Gasteiger charge is 2.23. The summed E-state index contributed by atoms with van der Waals surface area (Å²) >= 11 is 0. The molecule has 0 aliphatic heterocycles. The van der Waals surface area contributed by atoms with Crippen LogP contribution in [0.3, 0.4) is 0 Å². The Morgan fingerprint density at radius 2 is 2.00 bits per heavy atom. The first-order valence-electron chi connectivity index (χ1n) is 7.04. The minimum Gasteiger partial charge on any atom is -0.466 e. The molecule has 1 aromatic heterocycles. The van der Waals surface area contributed by atoms with Crippen molar-refractivity contribution < 1.29 is 19.1 Å². The molecule has 1 aromatic rings. The lowest BCUT2D eigenvalue weighted by Crippen LogP contribution is -2.30. The number of aromatic nitrogens is 1. The number of esters is 1. The average Bonchev–Trinajstić information content (AvgIpc) is 2.50. The fraction of sp³-hybridized carbons (Fsp3) is 0.375. The maximum absolute atomic E-state index is 12.2. The summed E-state index contributed by atoms with van der Waals surface area (Å²) in [7, 11) is 1.27. The summed E-state index contributed by atoms with van der Waals surface area (Å²) in [6.07, 6.45) is 5.54. The summed E-state index contributed by atoms with van der Waals surface area (Å²) in [5.41, 5.74) is 0.0474. The van der Waals surface area contributed by atoms with Gasteiger partial charge in [-0.1, -0.05) is 26.8 Å². The molecule has 7 heteroatoms. The minimum absolute atomic E-state index is 0.148. The lowest BCUT2D eigenvalue weighted by atomic mass is 9.95. The third kappa shape index (κ3) is 5.90. The van der Waals surface area contributed by atoms with Crippen molar-refractivity contribution in [2.45, 2.75) is 20.8 Å². The maximum Gasteiger partial charge on any atom is 0.330 e. The van der Waals surface area contributed by atoms with E-state index < -0.39 is 17.3 Å². The second kappa shape index (κ2) is 8.07. The van der Waals surface area contributed by atoms with Crippen LogP contribution in [-0.4, -0.2) is 36.4 Å². The van der Waals surface area contributed by atoms with Crippen LogP contribution in [0.1, 0.15) is 31.1 Å². The highest BCUT2D eigenvalue weighted by molar-refractivity contribution is 6.04. The molecular weight excluding hydrogens is 298 g/mol. The minimum atomic E-state index is -0.583. The van der Waals surface area contributed by atoms with Gasteiger partial charge in [0.15, 0.2) is 0 Å². The topological polar surface area (TPSA) is 97.4 Å². The lowest BCUT2D eigenvalue weighted by Gasteiger charge is -2.18. The standard InChI is InChI=1S/C16H21N3O4/c1-16(2,3)15(22)19-12-7-9-17-10-11(12)14(21)18-8-5-6-13(20)23-4/h5-7,9-10H,8H2,1-4H3,(H,18,21)(H,17,19,22)/b6-5+. The van der Waals surface area contributed by atoms with Crippen molar-refractivity contribution in [3.8, 4) is 0 Å². The van der Waals surface area contributed by atoms with Gasteiger partial charge in [0.2, 0.25) is 5.91 Å². The third-order valence-electron chi connectivity index (χ3n) is 2.83. The van der Waals surface area contributed by atoms with E-state index in [9.17, 15) is 14.4 Å². The predicted molar refractivity (Wildman–Crippen MR) is 85.8 cm³/mol. The van der Waals surface area contributed by atoms with E-state index in [1.807, 2.05) is 0 Å². The molecule has 0 fully saturated rings. The van der Waals surface area contributed by atoms with Crippen LogP contribution in [0.5, 0.6) is 0 Å². The molecule has 0 saturated carbocycles. The maximum atomic E-state index is 12.2. The zero-order chi connectivity index (χ0) is 17.5. The predicted octanol–water partition coefficient (Wildman–Crippen LogP) is 1.53. The Labute approximate surface area is 135 Å². The number of methoxy groups -OCH3 is 1. The van der Waals surface area contributed by atoms with Gasteiger partial charge in [-0.2, -0.15) is 0 Å². The smallest absolute Gasteiger partial charge is 0.330 e. The Morgan fingerprint density at radius 1 is 1.30 bits per heavy atom. The van der Waals surface area contributed by atoms with Gasteiger partial charge >= 0.3 is 5.97 Å². The van der Waals surface area contributed by atoms with Gasteiger partial charge in [0.1, 0.15) is 0 Å². The highest BCUT2D eigenvalue weighted by Crippen LogP contribution is 2.19. The summed E-state index contributed by atoms with van der Waals surface area (Å²) < 4.78 is 4.44. The van der Waals surface area contributed by atoms with E-state index in [1.165, 1.54) is 31.7 Å². The molecule has 23 heavy (non-hydrogen) atoms. The Bertz CT molecular complexity index is 618. The summed E-state index contributed by atoms with van der Waals surface area (Å²) in [5.74, 6) is -1.11. The molecule has 124 valence electrons. The van der Waals surface area contributed by atoms with Gasteiger partial charge in [0.05, 0.1) is 18.4 Å². The third-order valence-corrected chi connectivity index (χ3v) is 2.83. The second-order valence-corrected chi connectivity index (χ2v) is 5.76. The van der Waals surface area contributed by atoms with Crippen LogP contribution < -0.4 is 10.6 Å². The number of carbonyl (C=O) groups excluding carboxylic acids is 3. The van der Waals surface area contributed by atoms with Crippen LogP contribution in [-0.2, 0) is 14.3 Å². The van der Waals surface area contributed by atoms with Crippen molar-refractivity contribution in [3.63, 3.8) is 0 Å². The van der Waals surface area contributed by atoms with E-state index in [0.29, 0.717) is 5.69 Å². The molecular formula is C16H21N3O4. The number of pyridine rings is 1. The van der Waals surface area contributed by atoms with Crippen LogP contribution in [0, 0.1) is 5.41 Å². The van der Waals surface area contributed by atoms with E-state index in [4.69, 9.17) is 0 Å².